The Morgan fingerprint density at radius 1 is 0.415 bits per heavy atom. The molecular formula is C52H41N. The summed E-state index contributed by atoms with van der Waals surface area (Å²) in [6.07, 6.45) is 9.03. The number of allylic oxidation sites excluding steroid dienone is 3. The second-order valence-electron chi connectivity index (χ2n) is 15.2. The molecule has 3 aliphatic rings. The molecule has 0 unspecified atom stereocenters. The molecule has 3 aliphatic carbocycles. The summed E-state index contributed by atoms with van der Waals surface area (Å²) in [4.78, 5) is 2.37. The maximum Gasteiger partial charge on any atom is 0.0719 e. The highest BCUT2D eigenvalue weighted by Crippen LogP contribution is 2.62. The molecule has 0 bridgehead atoms. The van der Waals surface area contributed by atoms with E-state index in [9.17, 15) is 0 Å². The number of nitrogens with zero attached hydrogens (tertiary/aromatic N) is 1. The van der Waals surface area contributed by atoms with Gasteiger partial charge in [0.25, 0.3) is 0 Å². The minimum atomic E-state index is -0.390. The van der Waals surface area contributed by atoms with Gasteiger partial charge in [-0.05, 0) is 116 Å². The zero-order valence-electron chi connectivity index (χ0n) is 30.3. The molecule has 254 valence electrons. The molecule has 0 saturated heterocycles. The average Bonchev–Trinajstić information content (AvgIpc) is 3.51. The summed E-state index contributed by atoms with van der Waals surface area (Å²) in [6, 6.07) is 63.4. The molecule has 0 amide bonds. The van der Waals surface area contributed by atoms with E-state index < -0.39 is 5.41 Å². The Balaban J connectivity index is 1.08. The van der Waals surface area contributed by atoms with Crippen LogP contribution in [0.5, 0.6) is 0 Å². The lowest BCUT2D eigenvalue weighted by atomic mass is 9.55. The van der Waals surface area contributed by atoms with Crippen LogP contribution >= 0.6 is 0 Å². The number of hydrogen-bond donors (Lipinski definition) is 0. The molecule has 7 aromatic rings. The van der Waals surface area contributed by atoms with Gasteiger partial charge in [0.15, 0.2) is 0 Å². The topological polar surface area (TPSA) is 3.24 Å². The van der Waals surface area contributed by atoms with Gasteiger partial charge in [-0.15, -0.1) is 0 Å². The summed E-state index contributed by atoms with van der Waals surface area (Å²) in [7, 11) is 0. The van der Waals surface area contributed by atoms with Gasteiger partial charge in [0.2, 0.25) is 0 Å². The third-order valence-corrected chi connectivity index (χ3v) is 12.0. The molecule has 53 heavy (non-hydrogen) atoms. The number of hydrogen-bond acceptors (Lipinski definition) is 1. The maximum atomic E-state index is 2.49. The van der Waals surface area contributed by atoms with Crippen molar-refractivity contribution in [3.05, 3.63) is 227 Å². The van der Waals surface area contributed by atoms with E-state index in [0.717, 1.165) is 18.5 Å². The molecule has 10 rings (SSSR count). The number of benzene rings is 7. The molecule has 1 nitrogen and oxygen atoms in total. The highest BCUT2D eigenvalue weighted by Gasteiger charge is 2.53. The van der Waals surface area contributed by atoms with Crippen molar-refractivity contribution in [1.29, 1.82) is 0 Å². The summed E-state index contributed by atoms with van der Waals surface area (Å²) < 4.78 is 0. The van der Waals surface area contributed by atoms with Crippen LogP contribution in [0.15, 0.2) is 194 Å². The molecule has 0 atom stereocenters. The highest BCUT2D eigenvalue weighted by atomic mass is 15.1. The molecule has 0 aliphatic heterocycles. The van der Waals surface area contributed by atoms with Gasteiger partial charge in [0.05, 0.1) is 5.41 Å². The lowest BCUT2D eigenvalue weighted by Gasteiger charge is -2.46. The van der Waals surface area contributed by atoms with Gasteiger partial charge in [-0.2, -0.15) is 0 Å². The molecule has 0 radical (unpaired) electrons. The molecule has 0 aromatic heterocycles. The normalized spacial score (nSPS) is 15.5. The predicted molar refractivity (Wildman–Crippen MR) is 222 cm³/mol. The van der Waals surface area contributed by atoms with Crippen LogP contribution in [0.4, 0.5) is 11.4 Å². The summed E-state index contributed by atoms with van der Waals surface area (Å²) in [5.74, 6) is 0. The number of anilines is 2. The quantitative estimate of drug-likeness (QED) is 0.175. The Kier molecular flexibility index (Phi) is 7.27. The maximum absolute atomic E-state index is 2.49. The average molecular weight is 680 g/mol. The van der Waals surface area contributed by atoms with E-state index in [-0.39, 0.29) is 5.41 Å². The van der Waals surface area contributed by atoms with E-state index >= 15 is 0 Å². The molecule has 0 heterocycles. The number of fused-ring (bicyclic) bond motifs is 9. The van der Waals surface area contributed by atoms with Crippen LogP contribution in [0.25, 0.3) is 33.4 Å². The predicted octanol–water partition coefficient (Wildman–Crippen LogP) is 13.4. The molecule has 0 fully saturated rings. The highest BCUT2D eigenvalue weighted by molar-refractivity contribution is 5.90. The van der Waals surface area contributed by atoms with Crippen molar-refractivity contribution < 1.29 is 0 Å². The first-order valence-corrected chi connectivity index (χ1v) is 18.9. The van der Waals surface area contributed by atoms with Crippen LogP contribution < -0.4 is 4.90 Å². The fourth-order valence-electron chi connectivity index (χ4n) is 9.51. The second kappa shape index (κ2) is 12.2. The van der Waals surface area contributed by atoms with Crippen LogP contribution in [-0.2, 0) is 10.8 Å². The first kappa shape index (κ1) is 31.5. The van der Waals surface area contributed by atoms with Crippen molar-refractivity contribution in [1.82, 2.24) is 0 Å². The summed E-state index contributed by atoms with van der Waals surface area (Å²) in [5, 5.41) is 0. The molecule has 1 heteroatoms. The first-order chi connectivity index (χ1) is 26.0. The van der Waals surface area contributed by atoms with Crippen molar-refractivity contribution in [3.63, 3.8) is 0 Å². The minimum Gasteiger partial charge on any atom is -0.311 e. The lowest BCUT2D eigenvalue weighted by molar-refractivity contribution is 0.563. The third-order valence-electron chi connectivity index (χ3n) is 12.0. The SMILES string of the molecule is CC1(C)c2ccccc2C2(c3ccccc3-c3ccc(-c4ccc(-c5cccc(N(C6=CCCC=C6)c6ccccc6)c5)cc4)cc32)c2ccccc21. The number of para-hydroxylation sites is 1. The van der Waals surface area contributed by atoms with E-state index in [2.05, 4.69) is 207 Å². The first-order valence-electron chi connectivity index (χ1n) is 18.9. The largest absolute Gasteiger partial charge is 0.311 e. The van der Waals surface area contributed by atoms with Crippen molar-refractivity contribution in [2.24, 2.45) is 0 Å². The van der Waals surface area contributed by atoms with E-state index in [1.54, 1.807) is 0 Å². The molecule has 0 saturated carbocycles. The van der Waals surface area contributed by atoms with E-state index in [0.29, 0.717) is 0 Å². The van der Waals surface area contributed by atoms with Crippen molar-refractivity contribution in [2.75, 3.05) is 4.90 Å². The van der Waals surface area contributed by atoms with Crippen molar-refractivity contribution >= 4 is 11.4 Å². The zero-order chi connectivity index (χ0) is 35.6. The van der Waals surface area contributed by atoms with Crippen LogP contribution in [0.3, 0.4) is 0 Å². The fraction of sp³-hybridized carbons (Fsp3) is 0.115. The fourth-order valence-corrected chi connectivity index (χ4v) is 9.51. The van der Waals surface area contributed by atoms with Gasteiger partial charge in [-0.1, -0.05) is 166 Å². The van der Waals surface area contributed by atoms with E-state index in [1.165, 1.54) is 78.1 Å². The van der Waals surface area contributed by atoms with E-state index in [4.69, 9.17) is 0 Å². The molecular weight excluding hydrogens is 639 g/mol. The monoisotopic (exact) mass is 679 g/mol. The third kappa shape index (κ3) is 4.77. The Labute approximate surface area is 313 Å². The van der Waals surface area contributed by atoms with Crippen molar-refractivity contribution in [2.45, 2.75) is 37.5 Å². The van der Waals surface area contributed by atoms with Gasteiger partial charge in [-0.3, -0.25) is 0 Å². The lowest BCUT2D eigenvalue weighted by Crippen LogP contribution is -2.40. The summed E-state index contributed by atoms with van der Waals surface area (Å²) >= 11 is 0. The van der Waals surface area contributed by atoms with Crippen LogP contribution in [0.1, 0.15) is 60.1 Å². The Hall–Kier alpha value is -6.18. The standard InChI is InChI=1S/C52H41N/c1-51(2)46-24-11-13-26-48(46)52(49-27-14-12-25-47(49)51)45-23-10-9-22-43(45)44-33-32-39(35-50(44)52)37-30-28-36(29-31-37)38-16-15-21-42(34-38)53(40-17-5-3-6-18-40)41-19-7-4-8-20-41/h3,5-7,9-35H,4,8H2,1-2H3. The van der Waals surface area contributed by atoms with Crippen LogP contribution in [-0.4, -0.2) is 0 Å². The molecule has 7 aromatic carbocycles. The van der Waals surface area contributed by atoms with Gasteiger partial charge in [0, 0.05) is 22.5 Å². The summed E-state index contributed by atoms with van der Waals surface area (Å²) in [6.45, 7) is 4.77. The van der Waals surface area contributed by atoms with Gasteiger partial charge < -0.3 is 4.90 Å². The zero-order valence-corrected chi connectivity index (χ0v) is 30.3. The Morgan fingerprint density at radius 2 is 0.962 bits per heavy atom. The Bertz CT molecular complexity index is 2530. The van der Waals surface area contributed by atoms with E-state index in [1.807, 2.05) is 0 Å². The van der Waals surface area contributed by atoms with Crippen LogP contribution in [0, 0.1) is 0 Å². The Morgan fingerprint density at radius 3 is 1.62 bits per heavy atom. The van der Waals surface area contributed by atoms with Crippen LogP contribution in [0.2, 0.25) is 0 Å². The molecule has 0 N–H and O–H groups in total. The second-order valence-corrected chi connectivity index (χ2v) is 15.2. The van der Waals surface area contributed by atoms with Gasteiger partial charge in [0.1, 0.15) is 0 Å². The van der Waals surface area contributed by atoms with Crippen molar-refractivity contribution in [3.8, 4) is 33.4 Å². The van der Waals surface area contributed by atoms with Gasteiger partial charge >= 0.3 is 0 Å². The minimum absolute atomic E-state index is 0.108. The van der Waals surface area contributed by atoms with Gasteiger partial charge in [-0.25, -0.2) is 0 Å². The smallest absolute Gasteiger partial charge is 0.0719 e. The molecule has 1 spiro atoms. The summed E-state index contributed by atoms with van der Waals surface area (Å²) in [5.41, 5.74) is 18.9. The number of rotatable bonds is 5.